The minimum atomic E-state index is -1.17. The van der Waals surface area contributed by atoms with Crippen molar-refractivity contribution in [3.8, 4) is 17.0 Å². The van der Waals surface area contributed by atoms with Crippen molar-refractivity contribution >= 4 is 51.7 Å². The zero-order valence-corrected chi connectivity index (χ0v) is 20.7. The Morgan fingerprint density at radius 2 is 1.64 bits per heavy atom. The SMILES string of the molecule is COc1ccc(-c2csc(NC(=O)CSc3ccc(NC(=O)c4ccccc4C(=O)O)cc3)n2)cc1. The van der Waals surface area contributed by atoms with E-state index in [-0.39, 0.29) is 22.8 Å². The van der Waals surface area contributed by atoms with Crippen LogP contribution in [0.2, 0.25) is 0 Å². The maximum absolute atomic E-state index is 12.5. The van der Waals surface area contributed by atoms with Crippen LogP contribution in [-0.4, -0.2) is 40.7 Å². The van der Waals surface area contributed by atoms with Gasteiger partial charge in [-0.3, -0.25) is 9.59 Å². The van der Waals surface area contributed by atoms with E-state index < -0.39 is 11.9 Å². The van der Waals surface area contributed by atoms with Crippen LogP contribution in [0.25, 0.3) is 11.3 Å². The van der Waals surface area contributed by atoms with Crippen molar-refractivity contribution in [3.05, 3.63) is 89.3 Å². The first-order valence-electron chi connectivity index (χ1n) is 10.7. The quantitative estimate of drug-likeness (QED) is 0.250. The number of thiazole rings is 1. The van der Waals surface area contributed by atoms with Crippen LogP contribution in [-0.2, 0) is 4.79 Å². The van der Waals surface area contributed by atoms with Crippen LogP contribution in [0, 0.1) is 0 Å². The third-order valence-electron chi connectivity index (χ3n) is 5.02. The topological polar surface area (TPSA) is 118 Å². The highest BCUT2D eigenvalue weighted by Gasteiger charge is 2.16. The average Bonchev–Trinajstić information content (AvgIpc) is 3.36. The van der Waals surface area contributed by atoms with Gasteiger partial charge < -0.3 is 20.5 Å². The van der Waals surface area contributed by atoms with Gasteiger partial charge in [0.2, 0.25) is 5.91 Å². The molecule has 0 radical (unpaired) electrons. The lowest BCUT2D eigenvalue weighted by molar-refractivity contribution is -0.113. The molecule has 1 aromatic heterocycles. The van der Waals surface area contributed by atoms with Gasteiger partial charge in [-0.1, -0.05) is 12.1 Å². The Balaban J connectivity index is 1.29. The van der Waals surface area contributed by atoms with Gasteiger partial charge in [-0.05, 0) is 60.7 Å². The van der Waals surface area contributed by atoms with Crippen molar-refractivity contribution in [2.24, 2.45) is 0 Å². The molecule has 1 heterocycles. The standard InChI is InChI=1S/C26H21N3O5S2/c1-34-18-10-6-16(7-11-18)22-14-36-26(28-22)29-23(30)15-35-19-12-8-17(9-13-19)27-24(31)20-4-2-3-5-21(20)25(32)33/h2-14H,15H2,1H3,(H,27,31)(H,32,33)(H,28,29,30). The number of methoxy groups -OCH3 is 1. The fourth-order valence-corrected chi connectivity index (χ4v) is 4.66. The van der Waals surface area contributed by atoms with E-state index in [0.717, 1.165) is 21.9 Å². The Morgan fingerprint density at radius 3 is 2.31 bits per heavy atom. The number of benzene rings is 3. The lowest BCUT2D eigenvalue weighted by atomic mass is 10.1. The van der Waals surface area contributed by atoms with Gasteiger partial charge in [-0.2, -0.15) is 0 Å². The molecule has 0 aliphatic heterocycles. The third kappa shape index (κ3) is 6.29. The zero-order chi connectivity index (χ0) is 25.5. The number of carbonyl (C=O) groups is 3. The number of aromatic nitrogens is 1. The number of carboxylic acid groups (broad SMARTS) is 1. The lowest BCUT2D eigenvalue weighted by Crippen LogP contribution is -2.16. The van der Waals surface area contributed by atoms with Crippen molar-refractivity contribution < 1.29 is 24.2 Å². The molecule has 8 nitrogen and oxygen atoms in total. The van der Waals surface area contributed by atoms with Crippen LogP contribution >= 0.6 is 23.1 Å². The Hall–Kier alpha value is -4.15. The van der Waals surface area contributed by atoms with Gasteiger partial charge >= 0.3 is 5.97 Å². The summed E-state index contributed by atoms with van der Waals surface area (Å²) in [6, 6.07) is 20.5. The summed E-state index contributed by atoms with van der Waals surface area (Å²) < 4.78 is 5.16. The predicted molar refractivity (Wildman–Crippen MR) is 141 cm³/mol. The van der Waals surface area contributed by atoms with Crippen LogP contribution in [0.15, 0.2) is 83.1 Å². The maximum Gasteiger partial charge on any atom is 0.336 e. The largest absolute Gasteiger partial charge is 0.497 e. The molecular formula is C26H21N3O5S2. The fraction of sp³-hybridized carbons (Fsp3) is 0.0769. The molecule has 4 rings (SSSR count). The molecule has 10 heteroatoms. The smallest absolute Gasteiger partial charge is 0.336 e. The third-order valence-corrected chi connectivity index (χ3v) is 6.79. The van der Waals surface area contributed by atoms with E-state index in [1.165, 1.54) is 35.2 Å². The van der Waals surface area contributed by atoms with Crippen LogP contribution in [0.5, 0.6) is 5.75 Å². The highest BCUT2D eigenvalue weighted by atomic mass is 32.2. The minimum Gasteiger partial charge on any atom is -0.497 e. The van der Waals surface area contributed by atoms with Gasteiger partial charge in [-0.25, -0.2) is 9.78 Å². The summed E-state index contributed by atoms with van der Waals surface area (Å²) in [5.74, 6) is -0.905. The lowest BCUT2D eigenvalue weighted by Gasteiger charge is -2.08. The number of carboxylic acids is 1. The number of amides is 2. The number of hydrogen-bond donors (Lipinski definition) is 3. The molecule has 182 valence electrons. The second-order valence-corrected chi connectivity index (χ2v) is 9.34. The number of anilines is 2. The molecule has 0 bridgehead atoms. The summed E-state index contributed by atoms with van der Waals surface area (Å²) in [6.45, 7) is 0. The molecule has 0 aliphatic carbocycles. The number of rotatable bonds is 9. The van der Waals surface area contributed by atoms with E-state index in [1.807, 2.05) is 29.6 Å². The van der Waals surface area contributed by atoms with E-state index in [0.29, 0.717) is 10.8 Å². The van der Waals surface area contributed by atoms with Crippen LogP contribution in [0.1, 0.15) is 20.7 Å². The molecule has 0 spiro atoms. The van der Waals surface area contributed by atoms with Crippen molar-refractivity contribution in [1.82, 2.24) is 4.98 Å². The normalized spacial score (nSPS) is 10.5. The monoisotopic (exact) mass is 519 g/mol. The fourth-order valence-electron chi connectivity index (χ4n) is 3.23. The number of thioether (sulfide) groups is 1. The summed E-state index contributed by atoms with van der Waals surface area (Å²) in [5.41, 5.74) is 2.24. The van der Waals surface area contributed by atoms with Crippen LogP contribution < -0.4 is 15.4 Å². The van der Waals surface area contributed by atoms with Gasteiger partial charge in [0, 0.05) is 21.5 Å². The number of nitrogens with one attached hydrogen (secondary N) is 2. The Kier molecular flexibility index (Phi) is 7.99. The summed E-state index contributed by atoms with van der Waals surface area (Å²) >= 11 is 2.70. The van der Waals surface area contributed by atoms with Gasteiger partial charge in [-0.15, -0.1) is 23.1 Å². The van der Waals surface area contributed by atoms with Gasteiger partial charge in [0.25, 0.3) is 5.91 Å². The van der Waals surface area contributed by atoms with Crippen LogP contribution in [0.4, 0.5) is 10.8 Å². The molecule has 0 aliphatic rings. The Morgan fingerprint density at radius 1 is 0.944 bits per heavy atom. The molecule has 3 N–H and O–H groups in total. The number of carbonyl (C=O) groups excluding carboxylic acids is 2. The first-order chi connectivity index (χ1) is 17.4. The summed E-state index contributed by atoms with van der Waals surface area (Å²) in [4.78, 5) is 41.5. The first-order valence-corrected chi connectivity index (χ1v) is 12.6. The highest BCUT2D eigenvalue weighted by Crippen LogP contribution is 2.27. The molecule has 4 aromatic rings. The van der Waals surface area contributed by atoms with E-state index in [1.54, 1.807) is 43.5 Å². The average molecular weight is 520 g/mol. The molecule has 0 fully saturated rings. The molecule has 36 heavy (non-hydrogen) atoms. The number of ether oxygens (including phenoxy) is 1. The Bertz CT molecular complexity index is 1390. The van der Waals surface area contributed by atoms with E-state index in [4.69, 9.17) is 4.74 Å². The van der Waals surface area contributed by atoms with Crippen molar-refractivity contribution in [3.63, 3.8) is 0 Å². The number of nitrogens with zero attached hydrogens (tertiary/aromatic N) is 1. The first kappa shape index (κ1) is 25.0. The minimum absolute atomic E-state index is 0.0652. The molecule has 0 atom stereocenters. The van der Waals surface area contributed by atoms with E-state index >= 15 is 0 Å². The number of hydrogen-bond acceptors (Lipinski definition) is 7. The molecule has 0 saturated heterocycles. The molecule has 0 saturated carbocycles. The van der Waals surface area contributed by atoms with Gasteiger partial charge in [0.05, 0.1) is 29.7 Å². The predicted octanol–water partition coefficient (Wildman–Crippen LogP) is 5.50. The molecule has 3 aromatic carbocycles. The number of aromatic carboxylic acids is 1. The van der Waals surface area contributed by atoms with E-state index in [9.17, 15) is 19.5 Å². The maximum atomic E-state index is 12.5. The van der Waals surface area contributed by atoms with E-state index in [2.05, 4.69) is 15.6 Å². The second kappa shape index (κ2) is 11.5. The summed E-state index contributed by atoms with van der Waals surface area (Å²) in [6.07, 6.45) is 0. The second-order valence-electron chi connectivity index (χ2n) is 7.43. The Labute approximate surface area is 215 Å². The van der Waals surface area contributed by atoms with Crippen LogP contribution in [0.3, 0.4) is 0 Å². The van der Waals surface area contributed by atoms with Gasteiger partial charge in [0.1, 0.15) is 5.75 Å². The summed E-state index contributed by atoms with van der Waals surface area (Å²) in [7, 11) is 1.61. The molecular weight excluding hydrogens is 498 g/mol. The highest BCUT2D eigenvalue weighted by molar-refractivity contribution is 8.00. The van der Waals surface area contributed by atoms with Crippen molar-refractivity contribution in [2.45, 2.75) is 4.90 Å². The van der Waals surface area contributed by atoms with Gasteiger partial charge in [0.15, 0.2) is 5.13 Å². The van der Waals surface area contributed by atoms with Crippen molar-refractivity contribution in [2.75, 3.05) is 23.5 Å². The summed E-state index contributed by atoms with van der Waals surface area (Å²) in [5, 5.41) is 17.2. The van der Waals surface area contributed by atoms with Crippen molar-refractivity contribution in [1.29, 1.82) is 0 Å². The molecule has 2 amide bonds. The molecule has 0 unspecified atom stereocenters. The zero-order valence-electron chi connectivity index (χ0n) is 19.1.